The Hall–Kier alpha value is -1.56. The van der Waals surface area contributed by atoms with Gasteiger partial charge in [0.05, 0.1) is 0 Å². The third-order valence-corrected chi connectivity index (χ3v) is 11.5. The predicted octanol–water partition coefficient (Wildman–Crippen LogP) is 13.4. The van der Waals surface area contributed by atoms with E-state index in [-0.39, 0.29) is 0 Å². The zero-order chi connectivity index (χ0) is 29.6. The number of aryl methyl sites for hydroxylation is 4. The van der Waals surface area contributed by atoms with Gasteiger partial charge in [-0.3, -0.25) is 0 Å². The van der Waals surface area contributed by atoms with E-state index in [1.807, 2.05) is 0 Å². The lowest BCUT2D eigenvalue weighted by atomic mass is 9.77. The molecule has 0 heterocycles. The average molecular weight is 571 g/mol. The Morgan fingerprint density at radius 1 is 0.452 bits per heavy atom. The Morgan fingerprint density at radius 2 is 0.857 bits per heavy atom. The number of hydrogen-bond acceptors (Lipinski definition) is 0. The van der Waals surface area contributed by atoms with E-state index in [0.717, 1.165) is 23.7 Å². The lowest BCUT2D eigenvalue weighted by Gasteiger charge is -2.28. The molecule has 2 aromatic rings. The Morgan fingerprint density at radius 3 is 1.29 bits per heavy atom. The van der Waals surface area contributed by atoms with Gasteiger partial charge in [0, 0.05) is 0 Å². The number of benzene rings is 2. The molecule has 2 aliphatic carbocycles. The standard InChI is InChI=1S/C42H66/c1-5-7-8-9-10-11-12-14-36-17-21-38(22-18-36)24-26-40-28-30-42(32-34(40)4)41-29-27-39(33(3)31-41)25-23-37-19-15-35(13-6-2)16-20-37/h27-32,35-38H,5-26H2,1-4H3. The molecule has 0 nitrogen and oxygen atoms in total. The fourth-order valence-corrected chi connectivity index (χ4v) is 8.45. The van der Waals surface area contributed by atoms with E-state index >= 15 is 0 Å². The zero-order valence-electron chi connectivity index (χ0n) is 28.3. The van der Waals surface area contributed by atoms with Gasteiger partial charge in [-0.25, -0.2) is 0 Å². The molecule has 0 unspecified atom stereocenters. The van der Waals surface area contributed by atoms with Crippen LogP contribution in [0, 0.1) is 37.5 Å². The third-order valence-electron chi connectivity index (χ3n) is 11.5. The molecule has 0 bridgehead atoms. The Kier molecular flexibility index (Phi) is 14.5. The number of rotatable bonds is 17. The van der Waals surface area contributed by atoms with Crippen molar-refractivity contribution in [1.82, 2.24) is 0 Å². The molecule has 4 rings (SSSR count). The normalized spacial score (nSPS) is 22.9. The molecule has 0 aliphatic heterocycles. The molecule has 0 spiro atoms. The lowest BCUT2D eigenvalue weighted by molar-refractivity contribution is 0.248. The maximum atomic E-state index is 2.46. The van der Waals surface area contributed by atoms with Crippen LogP contribution in [-0.2, 0) is 12.8 Å². The summed E-state index contributed by atoms with van der Waals surface area (Å²) in [5, 5.41) is 0. The topological polar surface area (TPSA) is 0 Å². The predicted molar refractivity (Wildman–Crippen MR) is 186 cm³/mol. The first-order chi connectivity index (χ1) is 20.6. The summed E-state index contributed by atoms with van der Waals surface area (Å²) >= 11 is 0. The van der Waals surface area contributed by atoms with Gasteiger partial charge >= 0.3 is 0 Å². The second-order valence-corrected chi connectivity index (χ2v) is 14.8. The second kappa shape index (κ2) is 18.3. The number of unbranched alkanes of at least 4 members (excludes halogenated alkanes) is 6. The van der Waals surface area contributed by atoms with Gasteiger partial charge in [-0.1, -0.05) is 166 Å². The van der Waals surface area contributed by atoms with E-state index in [1.54, 1.807) is 11.1 Å². The molecule has 2 saturated carbocycles. The summed E-state index contributed by atoms with van der Waals surface area (Å²) < 4.78 is 0. The van der Waals surface area contributed by atoms with Gasteiger partial charge in [-0.2, -0.15) is 0 Å². The number of hydrogen-bond donors (Lipinski definition) is 0. The summed E-state index contributed by atoms with van der Waals surface area (Å²) in [5.41, 5.74) is 8.90. The van der Waals surface area contributed by atoms with Gasteiger partial charge in [-0.05, 0) is 96.6 Å². The molecule has 0 heteroatoms. The fourth-order valence-electron chi connectivity index (χ4n) is 8.45. The van der Waals surface area contributed by atoms with Crippen LogP contribution in [0.5, 0.6) is 0 Å². The van der Waals surface area contributed by atoms with E-state index in [4.69, 9.17) is 0 Å². The summed E-state index contributed by atoms with van der Waals surface area (Å²) in [5.74, 6) is 3.96. The van der Waals surface area contributed by atoms with Crippen LogP contribution in [-0.4, -0.2) is 0 Å². The average Bonchev–Trinajstić information content (AvgIpc) is 3.01. The molecule has 0 N–H and O–H groups in total. The van der Waals surface area contributed by atoms with E-state index in [2.05, 4.69) is 64.1 Å². The van der Waals surface area contributed by atoms with Gasteiger partial charge < -0.3 is 0 Å². The maximum Gasteiger partial charge on any atom is -0.0181 e. The van der Waals surface area contributed by atoms with Crippen LogP contribution < -0.4 is 0 Å². The third kappa shape index (κ3) is 10.9. The highest BCUT2D eigenvalue weighted by atomic mass is 14.3. The maximum absolute atomic E-state index is 2.46. The molecular formula is C42H66. The quantitative estimate of drug-likeness (QED) is 0.166. The highest BCUT2D eigenvalue weighted by Crippen LogP contribution is 2.36. The van der Waals surface area contributed by atoms with Crippen LogP contribution in [0.1, 0.15) is 165 Å². The van der Waals surface area contributed by atoms with Crippen LogP contribution in [0.2, 0.25) is 0 Å². The van der Waals surface area contributed by atoms with Crippen molar-refractivity contribution < 1.29 is 0 Å². The van der Waals surface area contributed by atoms with Crippen LogP contribution >= 0.6 is 0 Å². The smallest absolute Gasteiger partial charge is 0.0181 e. The first kappa shape index (κ1) is 33.3. The van der Waals surface area contributed by atoms with Crippen molar-refractivity contribution in [2.24, 2.45) is 23.7 Å². The largest absolute Gasteiger partial charge is 0.0654 e. The van der Waals surface area contributed by atoms with Crippen molar-refractivity contribution in [2.75, 3.05) is 0 Å². The Bertz CT molecular complexity index is 1010. The lowest BCUT2D eigenvalue weighted by Crippen LogP contribution is -2.15. The minimum absolute atomic E-state index is 0.955. The molecule has 0 aromatic heterocycles. The van der Waals surface area contributed by atoms with Gasteiger partial charge in [-0.15, -0.1) is 0 Å². The molecule has 0 saturated heterocycles. The summed E-state index contributed by atoms with van der Waals surface area (Å²) in [6.45, 7) is 9.34. The SMILES string of the molecule is CCCCCCCCCC1CCC(CCc2ccc(-c3ccc(CCC4CCC(CCC)CC4)c(C)c3)cc2C)CC1. The molecule has 42 heavy (non-hydrogen) atoms. The van der Waals surface area contributed by atoms with Crippen LogP contribution in [0.4, 0.5) is 0 Å². The van der Waals surface area contributed by atoms with Crippen LogP contribution in [0.15, 0.2) is 36.4 Å². The zero-order valence-corrected chi connectivity index (χ0v) is 28.3. The van der Waals surface area contributed by atoms with Gasteiger partial charge in [0.15, 0.2) is 0 Å². The van der Waals surface area contributed by atoms with Crippen LogP contribution in [0.3, 0.4) is 0 Å². The molecule has 2 fully saturated rings. The molecule has 2 aromatic carbocycles. The molecule has 2 aliphatic rings. The van der Waals surface area contributed by atoms with Gasteiger partial charge in [0.25, 0.3) is 0 Å². The minimum atomic E-state index is 0.955. The van der Waals surface area contributed by atoms with Crippen molar-refractivity contribution in [1.29, 1.82) is 0 Å². The molecule has 234 valence electrons. The van der Waals surface area contributed by atoms with Crippen LogP contribution in [0.25, 0.3) is 11.1 Å². The summed E-state index contributed by atoms with van der Waals surface area (Å²) in [6, 6.07) is 14.6. The summed E-state index contributed by atoms with van der Waals surface area (Å²) in [4.78, 5) is 0. The fraction of sp³-hybridized carbons (Fsp3) is 0.714. The first-order valence-corrected chi connectivity index (χ1v) is 18.7. The Labute approximate surface area is 261 Å². The van der Waals surface area contributed by atoms with Crippen molar-refractivity contribution in [3.05, 3.63) is 58.7 Å². The highest BCUT2D eigenvalue weighted by molar-refractivity contribution is 5.66. The van der Waals surface area contributed by atoms with E-state index < -0.39 is 0 Å². The van der Waals surface area contributed by atoms with E-state index in [0.29, 0.717) is 0 Å². The van der Waals surface area contributed by atoms with E-state index in [9.17, 15) is 0 Å². The van der Waals surface area contributed by atoms with Crippen molar-refractivity contribution in [2.45, 2.75) is 169 Å². The molecular weight excluding hydrogens is 504 g/mol. The summed E-state index contributed by atoms with van der Waals surface area (Å²) in [7, 11) is 0. The molecule has 0 atom stereocenters. The van der Waals surface area contributed by atoms with Crippen molar-refractivity contribution >= 4 is 0 Å². The molecule has 0 amide bonds. The van der Waals surface area contributed by atoms with E-state index in [1.165, 1.54) is 164 Å². The summed E-state index contributed by atoms with van der Waals surface area (Å²) in [6.07, 6.45) is 31.6. The Balaban J connectivity index is 1.16. The van der Waals surface area contributed by atoms with Crippen molar-refractivity contribution in [3.8, 4) is 11.1 Å². The highest BCUT2D eigenvalue weighted by Gasteiger charge is 2.22. The molecule has 0 radical (unpaired) electrons. The second-order valence-electron chi connectivity index (χ2n) is 14.8. The van der Waals surface area contributed by atoms with Gasteiger partial charge in [0.1, 0.15) is 0 Å². The first-order valence-electron chi connectivity index (χ1n) is 18.7. The monoisotopic (exact) mass is 571 g/mol. The van der Waals surface area contributed by atoms with Gasteiger partial charge in [0.2, 0.25) is 0 Å². The van der Waals surface area contributed by atoms with Crippen molar-refractivity contribution in [3.63, 3.8) is 0 Å². The minimum Gasteiger partial charge on any atom is -0.0654 e.